The molecule has 0 saturated heterocycles. The highest BCUT2D eigenvalue weighted by Crippen LogP contribution is 2.39. The molecular weight excluding hydrogens is 388 g/mol. The summed E-state index contributed by atoms with van der Waals surface area (Å²) in [5.74, 6) is -1.30. The number of ketones is 1. The van der Waals surface area contributed by atoms with Crippen molar-refractivity contribution < 1.29 is 28.6 Å². The minimum atomic E-state index is -0.802. The molecule has 2 N–H and O–H groups in total. The summed E-state index contributed by atoms with van der Waals surface area (Å²) < 4.78 is 15.9. The van der Waals surface area contributed by atoms with Crippen molar-refractivity contribution in [1.29, 1.82) is 0 Å². The number of hydrogen-bond acceptors (Lipinski definition) is 6. The number of methoxy groups -OCH3 is 2. The number of esters is 1. The molecule has 8 nitrogen and oxygen atoms in total. The number of rotatable bonds is 7. The van der Waals surface area contributed by atoms with E-state index in [4.69, 9.17) is 14.2 Å². The first-order valence-electron chi connectivity index (χ1n) is 9.53. The Labute approximate surface area is 175 Å². The molecule has 0 unspecified atom stereocenters. The summed E-state index contributed by atoms with van der Waals surface area (Å²) in [6, 6.07) is 5.00. The molecule has 1 aromatic heterocycles. The van der Waals surface area contributed by atoms with Gasteiger partial charge in [0.05, 0.1) is 26.4 Å². The topological polar surface area (TPSA) is 107 Å². The monoisotopic (exact) mass is 416 g/mol. The highest BCUT2D eigenvalue weighted by molar-refractivity contribution is 6.44. The van der Waals surface area contributed by atoms with E-state index in [1.54, 1.807) is 52.8 Å². The molecular formula is C22H28N2O6. The van der Waals surface area contributed by atoms with Gasteiger partial charge in [-0.2, -0.15) is 0 Å². The summed E-state index contributed by atoms with van der Waals surface area (Å²) in [7, 11) is 2.98. The second kappa shape index (κ2) is 9.02. The third-order valence-electron chi connectivity index (χ3n) is 4.26. The van der Waals surface area contributed by atoms with Crippen molar-refractivity contribution >= 4 is 17.7 Å². The van der Waals surface area contributed by atoms with Gasteiger partial charge in [0, 0.05) is 22.4 Å². The van der Waals surface area contributed by atoms with Gasteiger partial charge in [-0.25, -0.2) is 4.79 Å². The minimum absolute atomic E-state index is 0.0242. The summed E-state index contributed by atoms with van der Waals surface area (Å²) in [6.07, 6.45) is 0. The van der Waals surface area contributed by atoms with Crippen LogP contribution in [0.4, 0.5) is 0 Å². The molecule has 0 spiro atoms. The average Bonchev–Trinajstić information content (AvgIpc) is 3.02. The molecule has 0 bridgehead atoms. The molecule has 0 saturated carbocycles. The molecule has 1 amide bonds. The lowest BCUT2D eigenvalue weighted by atomic mass is 9.96. The van der Waals surface area contributed by atoms with Crippen molar-refractivity contribution in [3.05, 3.63) is 35.2 Å². The smallest absolute Gasteiger partial charge is 0.340 e. The fourth-order valence-electron chi connectivity index (χ4n) is 3.04. The van der Waals surface area contributed by atoms with E-state index < -0.39 is 23.2 Å². The maximum absolute atomic E-state index is 13.0. The van der Waals surface area contributed by atoms with E-state index in [1.165, 1.54) is 14.2 Å². The Morgan fingerprint density at radius 2 is 1.77 bits per heavy atom. The number of amides is 1. The number of ether oxygens (including phenoxy) is 3. The van der Waals surface area contributed by atoms with Crippen LogP contribution in [0.3, 0.4) is 0 Å². The zero-order chi connectivity index (χ0) is 22.6. The molecule has 0 aliphatic carbocycles. The average molecular weight is 416 g/mol. The van der Waals surface area contributed by atoms with E-state index in [-0.39, 0.29) is 23.4 Å². The Kier molecular flexibility index (Phi) is 6.92. The first kappa shape index (κ1) is 23.0. The lowest BCUT2D eigenvalue weighted by molar-refractivity contribution is -0.118. The van der Waals surface area contributed by atoms with Gasteiger partial charge in [0.1, 0.15) is 17.2 Å². The molecule has 8 heteroatoms. The molecule has 1 heterocycles. The number of carbonyl (C=O) groups is 3. The van der Waals surface area contributed by atoms with Crippen molar-refractivity contribution in [2.45, 2.75) is 40.2 Å². The van der Waals surface area contributed by atoms with Crippen LogP contribution in [0.15, 0.2) is 18.2 Å². The molecule has 162 valence electrons. The molecule has 0 aliphatic rings. The highest BCUT2D eigenvalue weighted by atomic mass is 16.5. The van der Waals surface area contributed by atoms with Crippen molar-refractivity contribution in [3.63, 3.8) is 0 Å². The normalized spacial score (nSPS) is 11.0. The summed E-state index contributed by atoms with van der Waals surface area (Å²) in [5, 5.41) is 2.65. The standard InChI is InChI=1S/C22H28N2O6/c1-8-30-21(27)16-12(2)23-18(19(25)20(26)24-22(3,4)5)17(16)14-11-13(28-6)9-10-15(14)29-7/h9-11,23H,8H2,1-7H3,(H,24,26). The number of H-pyrrole nitrogens is 1. The van der Waals surface area contributed by atoms with Crippen LogP contribution in [-0.4, -0.2) is 49.0 Å². The fourth-order valence-corrected chi connectivity index (χ4v) is 3.04. The van der Waals surface area contributed by atoms with Crippen molar-refractivity contribution in [2.75, 3.05) is 20.8 Å². The van der Waals surface area contributed by atoms with Gasteiger partial charge >= 0.3 is 5.97 Å². The molecule has 30 heavy (non-hydrogen) atoms. The van der Waals surface area contributed by atoms with Crippen LogP contribution < -0.4 is 14.8 Å². The Hall–Kier alpha value is -3.29. The Morgan fingerprint density at radius 1 is 1.10 bits per heavy atom. The van der Waals surface area contributed by atoms with Crippen LogP contribution >= 0.6 is 0 Å². The Bertz CT molecular complexity index is 969. The van der Waals surface area contributed by atoms with E-state index in [2.05, 4.69) is 10.3 Å². The van der Waals surface area contributed by atoms with Gasteiger partial charge in [-0.05, 0) is 52.8 Å². The number of aromatic nitrogens is 1. The Morgan fingerprint density at radius 3 is 2.30 bits per heavy atom. The zero-order valence-corrected chi connectivity index (χ0v) is 18.4. The molecule has 0 fully saturated rings. The van der Waals surface area contributed by atoms with Crippen LogP contribution in [0.5, 0.6) is 11.5 Å². The Balaban J connectivity index is 2.78. The summed E-state index contributed by atoms with van der Waals surface area (Å²) >= 11 is 0. The lowest BCUT2D eigenvalue weighted by Gasteiger charge is -2.20. The molecule has 0 aliphatic heterocycles. The molecule has 1 aromatic carbocycles. The van der Waals surface area contributed by atoms with Gasteiger partial charge in [0.2, 0.25) is 0 Å². The molecule has 0 radical (unpaired) electrons. The maximum Gasteiger partial charge on any atom is 0.340 e. The van der Waals surface area contributed by atoms with Crippen LogP contribution in [0.2, 0.25) is 0 Å². The van der Waals surface area contributed by atoms with Crippen LogP contribution in [-0.2, 0) is 9.53 Å². The van der Waals surface area contributed by atoms with Gasteiger partial charge in [-0.1, -0.05) is 0 Å². The molecule has 2 aromatic rings. The lowest BCUT2D eigenvalue weighted by Crippen LogP contribution is -2.44. The van der Waals surface area contributed by atoms with Gasteiger partial charge in [0.15, 0.2) is 0 Å². The summed E-state index contributed by atoms with van der Waals surface area (Å²) in [4.78, 5) is 41.3. The van der Waals surface area contributed by atoms with E-state index in [1.807, 2.05) is 0 Å². The molecule has 2 rings (SSSR count). The number of hydrogen-bond donors (Lipinski definition) is 2. The quantitative estimate of drug-likeness (QED) is 0.408. The maximum atomic E-state index is 13.0. The number of carbonyl (C=O) groups excluding carboxylic acids is 3. The van der Waals surface area contributed by atoms with E-state index in [0.717, 1.165) is 0 Å². The van der Waals surface area contributed by atoms with Crippen molar-refractivity contribution in [1.82, 2.24) is 10.3 Å². The van der Waals surface area contributed by atoms with Crippen molar-refractivity contribution in [3.8, 4) is 22.6 Å². The van der Waals surface area contributed by atoms with E-state index >= 15 is 0 Å². The second-order valence-corrected chi connectivity index (χ2v) is 7.69. The van der Waals surface area contributed by atoms with Crippen molar-refractivity contribution in [2.24, 2.45) is 0 Å². The SMILES string of the molecule is CCOC(=O)c1c(C)[nH]c(C(=O)C(=O)NC(C)(C)C)c1-c1cc(OC)ccc1OC. The molecule has 0 atom stereocenters. The number of Topliss-reactive ketones (excluding diaryl/α,β-unsaturated/α-hetero) is 1. The fraction of sp³-hybridized carbons (Fsp3) is 0.409. The van der Waals surface area contributed by atoms with Crippen LogP contribution in [0.25, 0.3) is 11.1 Å². The predicted molar refractivity (Wildman–Crippen MR) is 112 cm³/mol. The largest absolute Gasteiger partial charge is 0.497 e. The van der Waals surface area contributed by atoms with E-state index in [0.29, 0.717) is 22.8 Å². The van der Waals surface area contributed by atoms with Gasteiger partial charge in [0.25, 0.3) is 11.7 Å². The first-order chi connectivity index (χ1) is 14.0. The number of benzene rings is 1. The summed E-state index contributed by atoms with van der Waals surface area (Å²) in [5.41, 5.74) is 0.595. The number of nitrogens with one attached hydrogen (secondary N) is 2. The van der Waals surface area contributed by atoms with E-state index in [9.17, 15) is 14.4 Å². The first-order valence-corrected chi connectivity index (χ1v) is 9.53. The second-order valence-electron chi connectivity index (χ2n) is 7.69. The summed E-state index contributed by atoms with van der Waals surface area (Å²) in [6.45, 7) is 8.80. The highest BCUT2D eigenvalue weighted by Gasteiger charge is 2.32. The predicted octanol–water partition coefficient (Wildman–Crippen LogP) is 3.28. The zero-order valence-electron chi connectivity index (χ0n) is 18.4. The van der Waals surface area contributed by atoms with Gasteiger partial charge < -0.3 is 24.5 Å². The minimum Gasteiger partial charge on any atom is -0.497 e. The number of aromatic amines is 1. The van der Waals surface area contributed by atoms with Gasteiger partial charge in [-0.15, -0.1) is 0 Å². The third-order valence-corrected chi connectivity index (χ3v) is 4.26. The van der Waals surface area contributed by atoms with Crippen LogP contribution in [0.1, 0.15) is 54.2 Å². The number of aryl methyl sites for hydroxylation is 1. The van der Waals surface area contributed by atoms with Crippen LogP contribution in [0, 0.1) is 6.92 Å². The van der Waals surface area contributed by atoms with Gasteiger partial charge in [-0.3, -0.25) is 9.59 Å². The third kappa shape index (κ3) is 4.82.